The molecule has 2 fully saturated rings. The minimum atomic E-state index is 0.125. The molecule has 2 aliphatic rings. The van der Waals surface area contributed by atoms with Crippen molar-refractivity contribution in [1.82, 2.24) is 19.9 Å². The smallest absolute Gasteiger partial charge is 0.188 e. The van der Waals surface area contributed by atoms with Gasteiger partial charge in [-0.05, 0) is 57.8 Å². The first-order valence-corrected chi connectivity index (χ1v) is 12.2. The van der Waals surface area contributed by atoms with Gasteiger partial charge in [-0.1, -0.05) is 23.8 Å². The fourth-order valence-corrected chi connectivity index (χ4v) is 5.78. The molecule has 3 aromatic heterocycles. The lowest BCUT2D eigenvalue weighted by Gasteiger charge is -2.40. The lowest BCUT2D eigenvalue weighted by atomic mass is 10.0. The highest BCUT2D eigenvalue weighted by molar-refractivity contribution is 7.22. The maximum atomic E-state index is 11.3. The third-order valence-corrected chi connectivity index (χ3v) is 7.52. The van der Waals surface area contributed by atoms with Gasteiger partial charge in [-0.25, -0.2) is 4.98 Å². The Kier molecular flexibility index (Phi) is 5.96. The van der Waals surface area contributed by atoms with E-state index in [1.807, 2.05) is 24.5 Å². The second-order valence-electron chi connectivity index (χ2n) is 8.77. The molecule has 7 heteroatoms. The Labute approximate surface area is 187 Å². The molecule has 0 amide bonds. The number of nitrogens with zero attached hydrogens (tertiary/aromatic N) is 5. The number of hydrogen-bond donors (Lipinski definition) is 0. The van der Waals surface area contributed by atoms with Gasteiger partial charge in [-0.2, -0.15) is 4.98 Å². The number of ketones is 1. The van der Waals surface area contributed by atoms with E-state index in [9.17, 15) is 4.79 Å². The number of aromatic nitrogens is 3. The van der Waals surface area contributed by atoms with Crippen LogP contribution in [-0.2, 0) is 11.2 Å². The van der Waals surface area contributed by atoms with E-state index in [-0.39, 0.29) is 5.78 Å². The highest BCUT2D eigenvalue weighted by Gasteiger charge is 2.27. The quantitative estimate of drug-likeness (QED) is 0.594. The number of fused-ring (bicyclic) bond motifs is 1. The fourth-order valence-electron chi connectivity index (χ4n) is 4.76. The SMILES string of the molecule is CC(=O)Cc1ccc(-c2cnc3nc(N4CCC(N5CCCCC5)CC4)sc3c2)cn1. The molecule has 0 bridgehead atoms. The van der Waals surface area contributed by atoms with Crippen molar-refractivity contribution in [2.45, 2.75) is 51.5 Å². The van der Waals surface area contributed by atoms with E-state index < -0.39 is 0 Å². The molecule has 162 valence electrons. The number of pyridine rings is 2. The summed E-state index contributed by atoms with van der Waals surface area (Å²) >= 11 is 1.73. The topological polar surface area (TPSA) is 62.2 Å². The van der Waals surface area contributed by atoms with Crippen molar-refractivity contribution in [2.24, 2.45) is 0 Å². The highest BCUT2D eigenvalue weighted by atomic mass is 32.1. The molecule has 0 atom stereocenters. The summed E-state index contributed by atoms with van der Waals surface area (Å²) < 4.78 is 1.11. The van der Waals surface area contributed by atoms with Gasteiger partial charge in [0.15, 0.2) is 10.8 Å². The van der Waals surface area contributed by atoms with Crippen molar-refractivity contribution >= 4 is 32.6 Å². The van der Waals surface area contributed by atoms with E-state index in [4.69, 9.17) is 4.98 Å². The molecule has 0 aromatic carbocycles. The van der Waals surface area contributed by atoms with Crippen molar-refractivity contribution in [3.05, 3.63) is 36.3 Å². The van der Waals surface area contributed by atoms with Crippen LogP contribution in [0.15, 0.2) is 30.6 Å². The van der Waals surface area contributed by atoms with Crippen LogP contribution in [0.4, 0.5) is 5.13 Å². The van der Waals surface area contributed by atoms with Gasteiger partial charge in [0.1, 0.15) is 5.78 Å². The molecule has 0 saturated carbocycles. The van der Waals surface area contributed by atoms with Crippen molar-refractivity contribution in [3.63, 3.8) is 0 Å². The Hall–Kier alpha value is -2.38. The Morgan fingerprint density at radius 2 is 1.81 bits per heavy atom. The van der Waals surface area contributed by atoms with Gasteiger partial charge >= 0.3 is 0 Å². The molecular weight excluding hydrogens is 406 g/mol. The van der Waals surface area contributed by atoms with E-state index >= 15 is 0 Å². The standard InChI is InChI=1S/C24H29N5OS/c1-17(30)13-20-6-5-18(15-25-20)19-14-22-23(26-16-19)27-24(31-22)29-11-7-21(8-12-29)28-9-3-2-4-10-28/h5-6,14-16,21H,2-4,7-13H2,1H3. The molecule has 0 N–H and O–H groups in total. The van der Waals surface area contributed by atoms with Crippen molar-refractivity contribution < 1.29 is 4.79 Å². The summed E-state index contributed by atoms with van der Waals surface area (Å²) in [6, 6.07) is 6.84. The molecule has 0 unspecified atom stereocenters. The summed E-state index contributed by atoms with van der Waals surface area (Å²) in [6.45, 7) is 6.31. The van der Waals surface area contributed by atoms with Gasteiger partial charge < -0.3 is 9.80 Å². The van der Waals surface area contributed by atoms with Crippen LogP contribution in [0.3, 0.4) is 0 Å². The minimum Gasteiger partial charge on any atom is -0.348 e. The maximum Gasteiger partial charge on any atom is 0.188 e. The van der Waals surface area contributed by atoms with Crippen LogP contribution in [0.5, 0.6) is 0 Å². The number of Topliss-reactive ketones (excluding diaryl/α,β-unsaturated/α-hetero) is 1. The third kappa shape index (κ3) is 4.62. The first-order chi connectivity index (χ1) is 15.2. The van der Waals surface area contributed by atoms with E-state index in [0.29, 0.717) is 6.42 Å². The molecule has 2 saturated heterocycles. The molecule has 3 aromatic rings. The number of likely N-dealkylation sites (tertiary alicyclic amines) is 1. The summed E-state index contributed by atoms with van der Waals surface area (Å²) in [5.41, 5.74) is 3.67. The summed E-state index contributed by atoms with van der Waals surface area (Å²) in [6.07, 6.45) is 10.7. The van der Waals surface area contributed by atoms with Crippen molar-refractivity contribution in [1.29, 1.82) is 0 Å². The maximum absolute atomic E-state index is 11.3. The molecule has 5 heterocycles. The zero-order valence-corrected chi connectivity index (χ0v) is 18.9. The van der Waals surface area contributed by atoms with Crippen molar-refractivity contribution in [2.75, 3.05) is 31.1 Å². The highest BCUT2D eigenvalue weighted by Crippen LogP contribution is 2.33. The van der Waals surface area contributed by atoms with Gasteiger partial charge in [0, 0.05) is 54.8 Å². The van der Waals surface area contributed by atoms with Gasteiger partial charge in [0.25, 0.3) is 0 Å². The normalized spacial score (nSPS) is 18.5. The molecule has 31 heavy (non-hydrogen) atoms. The summed E-state index contributed by atoms with van der Waals surface area (Å²) in [5, 5.41) is 1.09. The molecule has 0 spiro atoms. The van der Waals surface area contributed by atoms with Crippen LogP contribution in [0.1, 0.15) is 44.7 Å². The van der Waals surface area contributed by atoms with Gasteiger partial charge in [0.2, 0.25) is 0 Å². The zero-order valence-electron chi connectivity index (χ0n) is 18.1. The number of carbonyl (C=O) groups excluding carboxylic acids is 1. The average molecular weight is 436 g/mol. The van der Waals surface area contributed by atoms with Crippen LogP contribution in [0.25, 0.3) is 21.5 Å². The van der Waals surface area contributed by atoms with Crippen molar-refractivity contribution in [3.8, 4) is 11.1 Å². The molecule has 0 aliphatic carbocycles. The molecular formula is C24H29N5OS. The summed E-state index contributed by atoms with van der Waals surface area (Å²) in [7, 11) is 0. The minimum absolute atomic E-state index is 0.125. The van der Waals surface area contributed by atoms with Gasteiger partial charge in [-0.3, -0.25) is 9.78 Å². The number of hydrogen-bond acceptors (Lipinski definition) is 7. The lowest BCUT2D eigenvalue weighted by molar-refractivity contribution is -0.116. The van der Waals surface area contributed by atoms with Crippen LogP contribution < -0.4 is 4.90 Å². The Morgan fingerprint density at radius 3 is 2.52 bits per heavy atom. The van der Waals surface area contributed by atoms with Crippen LogP contribution in [-0.4, -0.2) is 57.9 Å². The first-order valence-electron chi connectivity index (χ1n) is 11.4. The van der Waals surface area contributed by atoms with E-state index in [0.717, 1.165) is 51.4 Å². The molecule has 2 aliphatic heterocycles. The largest absolute Gasteiger partial charge is 0.348 e. The predicted octanol–water partition coefficient (Wildman–Crippen LogP) is 4.34. The first kappa shape index (κ1) is 20.5. The number of carbonyl (C=O) groups is 1. The van der Waals surface area contributed by atoms with Crippen LogP contribution in [0, 0.1) is 0 Å². The molecule has 5 rings (SSSR count). The van der Waals surface area contributed by atoms with E-state index in [2.05, 4.69) is 25.8 Å². The monoisotopic (exact) mass is 435 g/mol. The number of rotatable bonds is 5. The fraction of sp³-hybridized carbons (Fsp3) is 0.500. The number of anilines is 1. The second kappa shape index (κ2) is 9.01. The predicted molar refractivity (Wildman–Crippen MR) is 126 cm³/mol. The average Bonchev–Trinajstić information content (AvgIpc) is 3.23. The molecule has 6 nitrogen and oxygen atoms in total. The van der Waals surface area contributed by atoms with Crippen LogP contribution >= 0.6 is 11.3 Å². The van der Waals surface area contributed by atoms with E-state index in [1.54, 1.807) is 18.3 Å². The Bertz CT molecular complexity index is 1050. The van der Waals surface area contributed by atoms with Crippen LogP contribution in [0.2, 0.25) is 0 Å². The van der Waals surface area contributed by atoms with Gasteiger partial charge in [0.05, 0.1) is 4.70 Å². The Morgan fingerprint density at radius 1 is 1.03 bits per heavy atom. The lowest BCUT2D eigenvalue weighted by Crippen LogP contribution is -2.46. The summed E-state index contributed by atoms with van der Waals surface area (Å²) in [4.78, 5) is 30.3. The molecule has 0 radical (unpaired) electrons. The number of piperidine rings is 2. The van der Waals surface area contributed by atoms with E-state index in [1.165, 1.54) is 45.2 Å². The summed E-state index contributed by atoms with van der Waals surface area (Å²) in [5.74, 6) is 0.125. The number of thiazole rings is 1. The third-order valence-electron chi connectivity index (χ3n) is 6.47. The Balaban J connectivity index is 1.28. The zero-order chi connectivity index (χ0) is 21.2. The van der Waals surface area contributed by atoms with Gasteiger partial charge in [-0.15, -0.1) is 0 Å². The second-order valence-corrected chi connectivity index (χ2v) is 9.78.